The molecule has 0 bridgehead atoms. The first-order chi connectivity index (χ1) is 13.8. The number of aromatic nitrogens is 1. The summed E-state index contributed by atoms with van der Waals surface area (Å²) in [5, 5.41) is 0. The number of nitrogens with one attached hydrogen (secondary N) is 1. The standard InChI is InChI=1S/C21H26N2O4S2/c1-4-23-19-11-10-18(14-20(19)28-21(23)24)29(25,26)22-12-6-8-16-7-5-9-17(13-16)27-15(2)3/h5,7,9-11,13-15,22H,4,6,8,12H2,1-3H3. The van der Waals surface area contributed by atoms with Crippen LogP contribution in [0.25, 0.3) is 10.2 Å². The highest BCUT2D eigenvalue weighted by atomic mass is 32.2. The maximum Gasteiger partial charge on any atom is 0.308 e. The van der Waals surface area contributed by atoms with Gasteiger partial charge in [0.1, 0.15) is 5.75 Å². The van der Waals surface area contributed by atoms with E-state index < -0.39 is 10.0 Å². The van der Waals surface area contributed by atoms with E-state index in [1.54, 1.807) is 22.8 Å². The molecule has 156 valence electrons. The Morgan fingerprint density at radius 2 is 1.97 bits per heavy atom. The van der Waals surface area contributed by atoms with Crippen molar-refractivity contribution in [2.24, 2.45) is 0 Å². The molecular weight excluding hydrogens is 408 g/mol. The lowest BCUT2D eigenvalue weighted by Crippen LogP contribution is -2.25. The highest BCUT2D eigenvalue weighted by molar-refractivity contribution is 7.89. The fourth-order valence-corrected chi connectivity index (χ4v) is 5.31. The fourth-order valence-electron chi connectivity index (χ4n) is 3.14. The van der Waals surface area contributed by atoms with E-state index in [2.05, 4.69) is 4.72 Å². The first kappa shape index (κ1) is 21.5. The topological polar surface area (TPSA) is 77.4 Å². The van der Waals surface area contributed by atoms with Crippen molar-refractivity contribution in [1.82, 2.24) is 9.29 Å². The Balaban J connectivity index is 1.62. The second-order valence-electron chi connectivity index (χ2n) is 7.06. The highest BCUT2D eigenvalue weighted by Crippen LogP contribution is 2.22. The smallest absolute Gasteiger partial charge is 0.308 e. The van der Waals surface area contributed by atoms with Crippen LogP contribution < -0.4 is 14.3 Å². The number of rotatable bonds is 9. The molecule has 0 atom stereocenters. The Bertz CT molecular complexity index is 1150. The van der Waals surface area contributed by atoms with E-state index in [0.717, 1.165) is 34.6 Å². The minimum atomic E-state index is -3.62. The van der Waals surface area contributed by atoms with Gasteiger partial charge in [-0.2, -0.15) is 0 Å². The van der Waals surface area contributed by atoms with Crippen molar-refractivity contribution in [3.63, 3.8) is 0 Å². The number of aryl methyl sites for hydroxylation is 2. The number of hydrogen-bond acceptors (Lipinski definition) is 5. The van der Waals surface area contributed by atoms with Gasteiger partial charge in [-0.3, -0.25) is 9.36 Å². The van der Waals surface area contributed by atoms with E-state index in [1.165, 1.54) is 0 Å². The summed E-state index contributed by atoms with van der Waals surface area (Å²) in [6.45, 7) is 6.75. The van der Waals surface area contributed by atoms with Crippen LogP contribution in [0.3, 0.4) is 0 Å². The molecule has 0 aliphatic heterocycles. The Labute approximate surface area is 175 Å². The van der Waals surface area contributed by atoms with Crippen LogP contribution in [-0.2, 0) is 23.0 Å². The van der Waals surface area contributed by atoms with E-state index in [0.29, 0.717) is 24.2 Å². The summed E-state index contributed by atoms with van der Waals surface area (Å²) in [7, 11) is -3.62. The molecule has 3 rings (SSSR count). The number of thiazole rings is 1. The van der Waals surface area contributed by atoms with Crippen LogP contribution in [0.5, 0.6) is 5.75 Å². The summed E-state index contributed by atoms with van der Waals surface area (Å²) >= 11 is 1.07. The van der Waals surface area contributed by atoms with Crippen molar-refractivity contribution in [3.8, 4) is 5.75 Å². The minimum Gasteiger partial charge on any atom is -0.491 e. The van der Waals surface area contributed by atoms with Gasteiger partial charge in [0.05, 0.1) is 21.2 Å². The number of hydrogen-bond donors (Lipinski definition) is 1. The Morgan fingerprint density at radius 3 is 2.69 bits per heavy atom. The Kier molecular flexibility index (Phi) is 6.77. The molecule has 0 aliphatic rings. The van der Waals surface area contributed by atoms with E-state index >= 15 is 0 Å². The second kappa shape index (κ2) is 9.11. The van der Waals surface area contributed by atoms with E-state index in [9.17, 15) is 13.2 Å². The summed E-state index contributed by atoms with van der Waals surface area (Å²) in [6, 6.07) is 12.7. The lowest BCUT2D eigenvalue weighted by atomic mass is 10.1. The molecule has 1 aromatic heterocycles. The average Bonchev–Trinajstić information content (AvgIpc) is 2.99. The van der Waals surface area contributed by atoms with Crippen molar-refractivity contribution in [2.45, 2.75) is 51.2 Å². The van der Waals surface area contributed by atoms with Crippen LogP contribution in [0, 0.1) is 0 Å². The number of fused-ring (bicyclic) bond motifs is 1. The van der Waals surface area contributed by atoms with Gasteiger partial charge in [0.2, 0.25) is 10.0 Å². The molecule has 0 amide bonds. The lowest BCUT2D eigenvalue weighted by Gasteiger charge is -2.11. The number of nitrogens with zero attached hydrogens (tertiary/aromatic N) is 1. The quantitative estimate of drug-likeness (QED) is 0.520. The molecule has 0 radical (unpaired) electrons. The van der Waals surface area contributed by atoms with Crippen LogP contribution in [0.2, 0.25) is 0 Å². The molecule has 1 N–H and O–H groups in total. The van der Waals surface area contributed by atoms with Crippen molar-refractivity contribution in [1.29, 1.82) is 0 Å². The number of benzene rings is 2. The van der Waals surface area contributed by atoms with Crippen LogP contribution in [0.4, 0.5) is 0 Å². The lowest BCUT2D eigenvalue weighted by molar-refractivity contribution is 0.242. The Hall–Kier alpha value is -2.16. The van der Waals surface area contributed by atoms with Crippen molar-refractivity contribution < 1.29 is 13.2 Å². The summed E-state index contributed by atoms with van der Waals surface area (Å²) in [5.41, 5.74) is 1.87. The normalized spacial score (nSPS) is 12.0. The summed E-state index contributed by atoms with van der Waals surface area (Å²) in [5.74, 6) is 0.824. The monoisotopic (exact) mass is 434 g/mol. The maximum atomic E-state index is 12.6. The van der Waals surface area contributed by atoms with E-state index in [1.807, 2.05) is 45.0 Å². The zero-order valence-corrected chi connectivity index (χ0v) is 18.5. The fraction of sp³-hybridized carbons (Fsp3) is 0.381. The molecule has 6 nitrogen and oxygen atoms in total. The summed E-state index contributed by atoms with van der Waals surface area (Å²) in [6.07, 6.45) is 1.53. The molecule has 0 unspecified atom stereocenters. The molecule has 0 fully saturated rings. The molecule has 3 aromatic rings. The first-order valence-corrected chi connectivity index (χ1v) is 12.0. The Morgan fingerprint density at radius 1 is 1.17 bits per heavy atom. The molecule has 0 aliphatic carbocycles. The third-order valence-electron chi connectivity index (χ3n) is 4.47. The highest BCUT2D eigenvalue weighted by Gasteiger charge is 2.16. The predicted octanol–water partition coefficient (Wildman–Crippen LogP) is 3.78. The third-order valence-corrected chi connectivity index (χ3v) is 6.87. The molecule has 0 spiro atoms. The maximum absolute atomic E-state index is 12.6. The van der Waals surface area contributed by atoms with Crippen LogP contribution in [-0.4, -0.2) is 25.6 Å². The molecule has 29 heavy (non-hydrogen) atoms. The van der Waals surface area contributed by atoms with Crippen LogP contribution >= 0.6 is 11.3 Å². The number of ether oxygens (including phenoxy) is 1. The number of sulfonamides is 1. The first-order valence-electron chi connectivity index (χ1n) is 9.69. The van der Waals surface area contributed by atoms with Gasteiger partial charge in [0.15, 0.2) is 0 Å². The molecule has 8 heteroatoms. The van der Waals surface area contributed by atoms with E-state index in [4.69, 9.17) is 4.74 Å². The van der Waals surface area contributed by atoms with Crippen LogP contribution in [0.1, 0.15) is 32.8 Å². The van der Waals surface area contributed by atoms with Gasteiger partial charge in [-0.15, -0.1) is 0 Å². The van der Waals surface area contributed by atoms with Crippen LogP contribution in [0.15, 0.2) is 52.2 Å². The van der Waals surface area contributed by atoms with Gasteiger partial charge in [-0.25, -0.2) is 13.1 Å². The average molecular weight is 435 g/mol. The molecule has 1 heterocycles. The zero-order chi connectivity index (χ0) is 21.0. The van der Waals surface area contributed by atoms with Crippen molar-refractivity contribution in [3.05, 3.63) is 57.7 Å². The van der Waals surface area contributed by atoms with Gasteiger partial charge in [-0.05, 0) is 69.5 Å². The minimum absolute atomic E-state index is 0.0753. The van der Waals surface area contributed by atoms with Gasteiger partial charge in [0.25, 0.3) is 0 Å². The third kappa shape index (κ3) is 5.26. The molecule has 0 saturated heterocycles. The van der Waals surface area contributed by atoms with Crippen molar-refractivity contribution >= 4 is 31.6 Å². The predicted molar refractivity (Wildman–Crippen MR) is 117 cm³/mol. The van der Waals surface area contributed by atoms with Gasteiger partial charge < -0.3 is 4.74 Å². The van der Waals surface area contributed by atoms with Gasteiger partial charge in [0, 0.05) is 13.1 Å². The van der Waals surface area contributed by atoms with E-state index in [-0.39, 0.29) is 15.9 Å². The summed E-state index contributed by atoms with van der Waals surface area (Å²) < 4.78 is 35.9. The SMILES string of the molecule is CCn1c(=O)sc2cc(S(=O)(=O)NCCCc3cccc(OC(C)C)c3)ccc21. The van der Waals surface area contributed by atoms with Gasteiger partial charge in [-0.1, -0.05) is 23.5 Å². The molecular formula is C21H26N2O4S2. The second-order valence-corrected chi connectivity index (χ2v) is 9.82. The van der Waals surface area contributed by atoms with Gasteiger partial charge >= 0.3 is 4.87 Å². The zero-order valence-electron chi connectivity index (χ0n) is 16.8. The summed E-state index contributed by atoms with van der Waals surface area (Å²) in [4.78, 5) is 12.1. The molecule has 0 saturated carbocycles. The largest absolute Gasteiger partial charge is 0.491 e. The van der Waals surface area contributed by atoms with Crippen molar-refractivity contribution in [2.75, 3.05) is 6.54 Å². The molecule has 2 aromatic carbocycles.